The smallest absolute Gasteiger partial charge is 0.325 e. The maximum atomic E-state index is 13.2. The number of benzene rings is 1. The molecule has 1 spiro atoms. The summed E-state index contributed by atoms with van der Waals surface area (Å²) in [4.78, 5) is 39.9. The molecule has 28 heavy (non-hydrogen) atoms. The van der Waals surface area contributed by atoms with Crippen LogP contribution < -0.4 is 5.32 Å². The van der Waals surface area contributed by atoms with Crippen LogP contribution in [-0.4, -0.2) is 33.7 Å². The van der Waals surface area contributed by atoms with Crippen LogP contribution in [0.4, 0.5) is 4.79 Å². The van der Waals surface area contributed by atoms with Gasteiger partial charge < -0.3 is 9.88 Å². The van der Waals surface area contributed by atoms with E-state index in [0.717, 1.165) is 46.8 Å². The minimum absolute atomic E-state index is 0.206. The number of hydrogen-bond donors (Lipinski definition) is 1. The predicted molar refractivity (Wildman–Crippen MR) is 105 cm³/mol. The Morgan fingerprint density at radius 3 is 2.71 bits per heavy atom. The van der Waals surface area contributed by atoms with E-state index in [1.165, 1.54) is 0 Å². The summed E-state index contributed by atoms with van der Waals surface area (Å²) in [6.07, 6.45) is 2.24. The molecule has 2 aromatic rings. The van der Waals surface area contributed by atoms with Gasteiger partial charge in [0.05, 0.1) is 6.54 Å². The van der Waals surface area contributed by atoms with Crippen molar-refractivity contribution in [2.24, 2.45) is 0 Å². The molecule has 4 rings (SSSR count). The monoisotopic (exact) mass is 379 g/mol. The van der Waals surface area contributed by atoms with Crippen LogP contribution in [0.15, 0.2) is 30.3 Å². The standard InChI is InChI=1S/C22H25N3O3/c1-4-11-24-14(2)12-17(15(24)3)19(26)13-25-20(27)22(23-21(25)28)10-9-16-7-5-6-8-18(16)22/h5-8,12H,4,9-11,13H2,1-3H3,(H,23,28)/t22-/m0/s1. The number of fused-ring (bicyclic) bond motifs is 2. The zero-order valence-electron chi connectivity index (χ0n) is 16.5. The highest BCUT2D eigenvalue weighted by molar-refractivity contribution is 6.12. The molecular formula is C22H25N3O3. The van der Waals surface area contributed by atoms with Crippen molar-refractivity contribution in [3.63, 3.8) is 0 Å². The van der Waals surface area contributed by atoms with Crippen LogP contribution >= 0.6 is 0 Å². The summed E-state index contributed by atoms with van der Waals surface area (Å²) in [5, 5.41) is 2.87. The SMILES string of the molecule is CCCn1c(C)cc(C(=O)CN2C(=O)N[C@]3(CCc4ccccc43)C2=O)c1C. The second kappa shape index (κ2) is 6.62. The first-order valence-electron chi connectivity index (χ1n) is 9.81. The minimum Gasteiger partial charge on any atom is -0.348 e. The van der Waals surface area contributed by atoms with Crippen molar-refractivity contribution >= 4 is 17.7 Å². The second-order valence-corrected chi connectivity index (χ2v) is 7.74. The lowest BCUT2D eigenvalue weighted by Crippen LogP contribution is -2.42. The van der Waals surface area contributed by atoms with E-state index in [1.54, 1.807) is 0 Å². The summed E-state index contributed by atoms with van der Waals surface area (Å²) >= 11 is 0. The number of ketones is 1. The molecule has 0 saturated carbocycles. The molecule has 1 N–H and O–H groups in total. The first kappa shape index (κ1) is 18.5. The van der Waals surface area contributed by atoms with E-state index in [0.29, 0.717) is 12.0 Å². The zero-order valence-corrected chi connectivity index (χ0v) is 16.5. The maximum Gasteiger partial charge on any atom is 0.325 e. The Morgan fingerprint density at radius 2 is 1.96 bits per heavy atom. The van der Waals surface area contributed by atoms with Gasteiger partial charge in [0.15, 0.2) is 5.78 Å². The first-order chi connectivity index (χ1) is 13.4. The van der Waals surface area contributed by atoms with Crippen LogP contribution in [0.2, 0.25) is 0 Å². The second-order valence-electron chi connectivity index (χ2n) is 7.74. The van der Waals surface area contributed by atoms with E-state index >= 15 is 0 Å². The van der Waals surface area contributed by atoms with E-state index in [9.17, 15) is 14.4 Å². The third kappa shape index (κ3) is 2.58. The van der Waals surface area contributed by atoms with Crippen LogP contribution in [0.3, 0.4) is 0 Å². The van der Waals surface area contributed by atoms with Crippen molar-refractivity contribution in [1.82, 2.24) is 14.8 Å². The molecule has 6 nitrogen and oxygen atoms in total. The van der Waals surface area contributed by atoms with Gasteiger partial charge in [0, 0.05) is 23.5 Å². The predicted octanol–water partition coefficient (Wildman–Crippen LogP) is 3.09. The largest absolute Gasteiger partial charge is 0.348 e. The fourth-order valence-corrected chi connectivity index (χ4v) is 4.61. The van der Waals surface area contributed by atoms with Gasteiger partial charge in [-0.2, -0.15) is 0 Å². The zero-order chi connectivity index (χ0) is 20.1. The van der Waals surface area contributed by atoms with E-state index in [4.69, 9.17) is 0 Å². The van der Waals surface area contributed by atoms with Gasteiger partial charge in [-0.05, 0) is 50.3 Å². The molecule has 1 aromatic carbocycles. The van der Waals surface area contributed by atoms with E-state index in [2.05, 4.69) is 16.8 Å². The number of aryl methyl sites for hydroxylation is 2. The molecule has 1 atom stereocenters. The summed E-state index contributed by atoms with van der Waals surface area (Å²) in [6.45, 7) is 6.58. The van der Waals surface area contributed by atoms with Crippen molar-refractivity contribution in [1.29, 1.82) is 0 Å². The molecule has 0 unspecified atom stereocenters. The average molecular weight is 379 g/mol. The lowest BCUT2D eigenvalue weighted by atomic mass is 9.92. The molecule has 0 radical (unpaired) electrons. The number of carbonyl (C=O) groups is 3. The molecule has 0 bridgehead atoms. The molecule has 1 aliphatic heterocycles. The molecule has 3 amide bonds. The van der Waals surface area contributed by atoms with Crippen molar-refractivity contribution < 1.29 is 14.4 Å². The Morgan fingerprint density at radius 1 is 1.21 bits per heavy atom. The van der Waals surface area contributed by atoms with Crippen LogP contribution in [-0.2, 0) is 23.3 Å². The Labute approximate surface area is 164 Å². The fourth-order valence-electron chi connectivity index (χ4n) is 4.61. The van der Waals surface area contributed by atoms with E-state index < -0.39 is 11.6 Å². The number of aromatic nitrogens is 1. The number of urea groups is 1. The molecule has 1 aliphatic carbocycles. The van der Waals surface area contributed by atoms with E-state index in [-0.39, 0.29) is 18.2 Å². The molecule has 6 heteroatoms. The van der Waals surface area contributed by atoms with Crippen molar-refractivity contribution in [3.05, 3.63) is 58.4 Å². The number of nitrogens with one attached hydrogen (secondary N) is 1. The van der Waals surface area contributed by atoms with Gasteiger partial charge in [-0.1, -0.05) is 31.2 Å². The first-order valence-corrected chi connectivity index (χ1v) is 9.81. The normalized spacial score (nSPS) is 20.8. The Hall–Kier alpha value is -2.89. The van der Waals surface area contributed by atoms with Crippen LogP contribution in [0.25, 0.3) is 0 Å². The lowest BCUT2D eigenvalue weighted by molar-refractivity contribution is -0.131. The number of amides is 3. The lowest BCUT2D eigenvalue weighted by Gasteiger charge is -2.22. The van der Waals surface area contributed by atoms with Gasteiger partial charge in [-0.25, -0.2) is 4.79 Å². The third-order valence-corrected chi connectivity index (χ3v) is 6.05. The molecular weight excluding hydrogens is 354 g/mol. The minimum atomic E-state index is -1.02. The molecule has 2 aliphatic rings. The summed E-state index contributed by atoms with van der Waals surface area (Å²) < 4.78 is 2.10. The Balaban J connectivity index is 1.60. The summed E-state index contributed by atoms with van der Waals surface area (Å²) in [7, 11) is 0. The van der Waals surface area contributed by atoms with Crippen LogP contribution in [0, 0.1) is 13.8 Å². The number of carbonyl (C=O) groups excluding carboxylic acids is 3. The van der Waals surface area contributed by atoms with Gasteiger partial charge in [-0.3, -0.25) is 14.5 Å². The van der Waals surface area contributed by atoms with E-state index in [1.807, 2.05) is 44.2 Å². The molecule has 2 heterocycles. The summed E-state index contributed by atoms with van der Waals surface area (Å²) in [5.41, 5.74) is 3.39. The molecule has 146 valence electrons. The van der Waals surface area contributed by atoms with Crippen molar-refractivity contribution in [3.8, 4) is 0 Å². The highest BCUT2D eigenvalue weighted by Crippen LogP contribution is 2.41. The van der Waals surface area contributed by atoms with Gasteiger partial charge in [0.25, 0.3) is 5.91 Å². The van der Waals surface area contributed by atoms with Gasteiger partial charge >= 0.3 is 6.03 Å². The summed E-state index contributed by atoms with van der Waals surface area (Å²) in [6, 6.07) is 9.06. The maximum absolute atomic E-state index is 13.2. The van der Waals surface area contributed by atoms with Crippen molar-refractivity contribution in [2.45, 2.75) is 52.1 Å². The number of rotatable bonds is 5. The summed E-state index contributed by atoms with van der Waals surface area (Å²) in [5.74, 6) is -0.527. The topological polar surface area (TPSA) is 71.4 Å². The highest BCUT2D eigenvalue weighted by atomic mass is 16.2. The number of hydrogen-bond acceptors (Lipinski definition) is 3. The number of Topliss-reactive ketones (excluding diaryl/α,β-unsaturated/α-hetero) is 1. The van der Waals surface area contributed by atoms with Gasteiger partial charge in [0.2, 0.25) is 0 Å². The highest BCUT2D eigenvalue weighted by Gasteiger charge is 2.55. The van der Waals surface area contributed by atoms with Crippen molar-refractivity contribution in [2.75, 3.05) is 6.54 Å². The van der Waals surface area contributed by atoms with Gasteiger partial charge in [-0.15, -0.1) is 0 Å². The Kier molecular flexibility index (Phi) is 4.37. The van der Waals surface area contributed by atoms with Crippen LogP contribution in [0.5, 0.6) is 0 Å². The van der Waals surface area contributed by atoms with Gasteiger partial charge in [0.1, 0.15) is 5.54 Å². The molecule has 1 saturated heterocycles. The number of imide groups is 1. The Bertz CT molecular complexity index is 991. The molecule has 1 fully saturated rings. The van der Waals surface area contributed by atoms with Crippen LogP contribution in [0.1, 0.15) is 52.6 Å². The quantitative estimate of drug-likeness (QED) is 0.641. The molecule has 1 aromatic heterocycles. The average Bonchev–Trinajstić information content (AvgIpc) is 3.27. The number of nitrogens with zero attached hydrogens (tertiary/aromatic N) is 2. The third-order valence-electron chi connectivity index (χ3n) is 6.05. The fraction of sp³-hybridized carbons (Fsp3) is 0.409.